The number of furan rings is 1. The maximum Gasteiger partial charge on any atom is 0.325 e. The van der Waals surface area contributed by atoms with Gasteiger partial charge in [0.05, 0.1) is 17.0 Å². The Kier molecular flexibility index (Phi) is 4.50. The molecule has 4 amide bonds. The summed E-state index contributed by atoms with van der Waals surface area (Å²) in [5.74, 6) is -0.776. The van der Waals surface area contributed by atoms with E-state index in [1.807, 2.05) is 19.9 Å². The second kappa shape index (κ2) is 6.49. The molecule has 1 atom stereocenters. The van der Waals surface area contributed by atoms with Gasteiger partial charge >= 0.3 is 6.03 Å². The van der Waals surface area contributed by atoms with Crippen molar-refractivity contribution < 1.29 is 18.8 Å². The Labute approximate surface area is 155 Å². The van der Waals surface area contributed by atoms with E-state index in [1.165, 1.54) is 13.2 Å². The van der Waals surface area contributed by atoms with Crippen LogP contribution in [0.4, 0.5) is 10.5 Å². The van der Waals surface area contributed by atoms with Crippen molar-refractivity contribution >= 4 is 35.1 Å². The minimum absolute atomic E-state index is 0.302. The van der Waals surface area contributed by atoms with Gasteiger partial charge in [0.15, 0.2) is 5.54 Å². The van der Waals surface area contributed by atoms with Crippen LogP contribution in [0.25, 0.3) is 0 Å². The van der Waals surface area contributed by atoms with Crippen LogP contribution in [0.15, 0.2) is 34.9 Å². The summed E-state index contributed by atoms with van der Waals surface area (Å²) in [5, 5.41) is 5.63. The second-order valence-corrected chi connectivity index (χ2v) is 6.82. The molecule has 26 heavy (non-hydrogen) atoms. The topological polar surface area (TPSA) is 91.7 Å². The van der Waals surface area contributed by atoms with Crippen LogP contribution in [0.3, 0.4) is 0 Å². The van der Waals surface area contributed by atoms with Gasteiger partial charge in [0, 0.05) is 0 Å². The number of benzene rings is 1. The van der Waals surface area contributed by atoms with Crippen LogP contribution in [0.2, 0.25) is 5.02 Å². The molecule has 7 nitrogen and oxygen atoms in total. The molecule has 0 saturated carbocycles. The maximum absolute atomic E-state index is 12.7. The second-order valence-electron chi connectivity index (χ2n) is 6.41. The summed E-state index contributed by atoms with van der Waals surface area (Å²) < 4.78 is 5.25. The zero-order valence-electron chi connectivity index (χ0n) is 14.6. The third kappa shape index (κ3) is 3.06. The van der Waals surface area contributed by atoms with E-state index in [0.717, 1.165) is 16.0 Å². The number of aryl methyl sites for hydroxylation is 2. The molecule has 0 unspecified atom stereocenters. The summed E-state index contributed by atoms with van der Waals surface area (Å²) in [5.41, 5.74) is 0.885. The summed E-state index contributed by atoms with van der Waals surface area (Å²) in [6.07, 6.45) is 1.41. The maximum atomic E-state index is 12.7. The molecule has 8 heteroatoms. The molecular formula is C18H18ClN3O4. The Morgan fingerprint density at radius 2 is 2.08 bits per heavy atom. The van der Waals surface area contributed by atoms with Crippen LogP contribution in [-0.2, 0) is 15.1 Å². The highest BCUT2D eigenvalue weighted by Gasteiger charge is 2.51. The SMILES string of the molecule is Cc1cc(C)c(NC(=O)CN2C(=O)N[C@](C)(c3ccco3)C2=O)c(Cl)c1. The first-order valence-electron chi connectivity index (χ1n) is 7.97. The zero-order valence-corrected chi connectivity index (χ0v) is 15.3. The fourth-order valence-electron chi connectivity index (χ4n) is 2.97. The van der Waals surface area contributed by atoms with Crippen molar-refractivity contribution in [3.63, 3.8) is 0 Å². The minimum Gasteiger partial charge on any atom is -0.466 e. The number of nitrogens with zero attached hydrogens (tertiary/aromatic N) is 1. The molecule has 2 N–H and O–H groups in total. The van der Waals surface area contributed by atoms with Crippen molar-refractivity contribution in [3.8, 4) is 0 Å². The van der Waals surface area contributed by atoms with Gasteiger partial charge in [-0.25, -0.2) is 4.79 Å². The molecule has 1 aliphatic heterocycles. The van der Waals surface area contributed by atoms with E-state index in [1.54, 1.807) is 18.2 Å². The third-order valence-electron chi connectivity index (χ3n) is 4.29. The predicted molar refractivity (Wildman–Crippen MR) is 95.9 cm³/mol. The Morgan fingerprint density at radius 1 is 1.35 bits per heavy atom. The smallest absolute Gasteiger partial charge is 0.325 e. The van der Waals surface area contributed by atoms with Gasteiger partial charge in [-0.1, -0.05) is 17.7 Å². The lowest BCUT2D eigenvalue weighted by molar-refractivity contribution is -0.134. The van der Waals surface area contributed by atoms with Crippen molar-refractivity contribution in [3.05, 3.63) is 52.4 Å². The number of imide groups is 1. The van der Waals surface area contributed by atoms with Gasteiger partial charge in [-0.2, -0.15) is 0 Å². The van der Waals surface area contributed by atoms with Crippen molar-refractivity contribution in [2.24, 2.45) is 0 Å². The van der Waals surface area contributed by atoms with Crippen LogP contribution >= 0.6 is 11.6 Å². The lowest BCUT2D eigenvalue weighted by Gasteiger charge is -2.19. The molecule has 136 valence electrons. The Bertz CT molecular complexity index is 871. The molecule has 2 aromatic rings. The molecular weight excluding hydrogens is 358 g/mol. The number of hydrogen-bond donors (Lipinski definition) is 2. The first kappa shape index (κ1) is 18.0. The molecule has 0 bridgehead atoms. The summed E-state index contributed by atoms with van der Waals surface area (Å²) in [7, 11) is 0. The molecule has 2 heterocycles. The van der Waals surface area contributed by atoms with Crippen LogP contribution in [0.5, 0.6) is 0 Å². The highest BCUT2D eigenvalue weighted by Crippen LogP contribution is 2.30. The van der Waals surface area contributed by atoms with E-state index in [0.29, 0.717) is 16.5 Å². The van der Waals surface area contributed by atoms with Gasteiger partial charge in [0.1, 0.15) is 12.3 Å². The monoisotopic (exact) mass is 375 g/mol. The molecule has 1 fully saturated rings. The Balaban J connectivity index is 1.76. The van der Waals surface area contributed by atoms with Gasteiger partial charge in [-0.3, -0.25) is 14.5 Å². The van der Waals surface area contributed by atoms with Crippen molar-refractivity contribution in [2.45, 2.75) is 26.3 Å². The quantitative estimate of drug-likeness (QED) is 0.803. The zero-order chi connectivity index (χ0) is 19.1. The number of amides is 4. The molecule has 1 aromatic carbocycles. The number of carbonyl (C=O) groups excluding carboxylic acids is 3. The minimum atomic E-state index is -1.34. The van der Waals surface area contributed by atoms with Crippen LogP contribution in [0.1, 0.15) is 23.8 Å². The van der Waals surface area contributed by atoms with Gasteiger partial charge < -0.3 is 15.1 Å². The number of halogens is 1. The summed E-state index contributed by atoms with van der Waals surface area (Å²) in [6.45, 7) is 4.82. The highest BCUT2D eigenvalue weighted by molar-refractivity contribution is 6.34. The fraction of sp³-hybridized carbons (Fsp3) is 0.278. The van der Waals surface area contributed by atoms with E-state index in [2.05, 4.69) is 10.6 Å². The van der Waals surface area contributed by atoms with Crippen LogP contribution in [-0.4, -0.2) is 29.3 Å². The number of anilines is 1. The van der Waals surface area contributed by atoms with Crippen molar-refractivity contribution in [1.29, 1.82) is 0 Å². The average molecular weight is 376 g/mol. The first-order valence-corrected chi connectivity index (χ1v) is 8.35. The van der Waals surface area contributed by atoms with Crippen LogP contribution in [0, 0.1) is 13.8 Å². The van der Waals surface area contributed by atoms with E-state index < -0.39 is 29.9 Å². The van der Waals surface area contributed by atoms with E-state index in [9.17, 15) is 14.4 Å². The van der Waals surface area contributed by atoms with Gasteiger partial charge in [-0.05, 0) is 50.1 Å². The predicted octanol–water partition coefficient (Wildman–Crippen LogP) is 2.96. The summed E-state index contributed by atoms with van der Waals surface area (Å²) in [6, 6.07) is 6.17. The number of hydrogen-bond acceptors (Lipinski definition) is 4. The molecule has 0 spiro atoms. The number of rotatable bonds is 4. The Hall–Kier alpha value is -2.80. The third-order valence-corrected chi connectivity index (χ3v) is 4.58. The van der Waals surface area contributed by atoms with Gasteiger partial charge in [-0.15, -0.1) is 0 Å². The summed E-state index contributed by atoms with van der Waals surface area (Å²) >= 11 is 6.18. The molecule has 3 rings (SSSR count). The standard InChI is InChI=1S/C18H18ClN3O4/c1-10-7-11(2)15(12(19)8-10)20-14(23)9-22-16(24)18(3,21-17(22)25)13-5-4-6-26-13/h4-8H,9H2,1-3H3,(H,20,23)(H,21,25)/t18-/m1/s1. The number of carbonyl (C=O) groups is 3. The number of urea groups is 1. The van der Waals surface area contributed by atoms with E-state index >= 15 is 0 Å². The first-order chi connectivity index (χ1) is 12.2. The molecule has 1 aliphatic rings. The average Bonchev–Trinajstić information content (AvgIpc) is 3.16. The molecule has 1 saturated heterocycles. The highest BCUT2D eigenvalue weighted by atomic mass is 35.5. The lowest BCUT2D eigenvalue weighted by atomic mass is 9.99. The number of nitrogens with one attached hydrogen (secondary N) is 2. The molecule has 0 radical (unpaired) electrons. The molecule has 1 aromatic heterocycles. The van der Waals surface area contributed by atoms with Crippen LogP contribution < -0.4 is 10.6 Å². The normalized spacial score (nSPS) is 19.6. The largest absolute Gasteiger partial charge is 0.466 e. The Morgan fingerprint density at radius 3 is 2.69 bits per heavy atom. The lowest BCUT2D eigenvalue weighted by Crippen LogP contribution is -2.41. The van der Waals surface area contributed by atoms with Gasteiger partial charge in [0.2, 0.25) is 5.91 Å². The van der Waals surface area contributed by atoms with Crippen molar-refractivity contribution in [2.75, 3.05) is 11.9 Å². The van der Waals surface area contributed by atoms with Crippen molar-refractivity contribution in [1.82, 2.24) is 10.2 Å². The van der Waals surface area contributed by atoms with E-state index in [4.69, 9.17) is 16.0 Å². The fourth-order valence-corrected chi connectivity index (χ4v) is 3.34. The van der Waals surface area contributed by atoms with E-state index in [-0.39, 0.29) is 0 Å². The molecule has 0 aliphatic carbocycles. The van der Waals surface area contributed by atoms with Gasteiger partial charge in [0.25, 0.3) is 5.91 Å². The summed E-state index contributed by atoms with van der Waals surface area (Å²) in [4.78, 5) is 38.1.